The van der Waals surface area contributed by atoms with Crippen molar-refractivity contribution in [2.75, 3.05) is 25.1 Å². The molecule has 0 unspecified atom stereocenters. The van der Waals surface area contributed by atoms with Gasteiger partial charge in [0.25, 0.3) is 0 Å². The van der Waals surface area contributed by atoms with Gasteiger partial charge < -0.3 is 25.7 Å². The van der Waals surface area contributed by atoms with E-state index in [0.29, 0.717) is 31.9 Å². The van der Waals surface area contributed by atoms with Gasteiger partial charge in [0.2, 0.25) is 0 Å². The van der Waals surface area contributed by atoms with Gasteiger partial charge in [-0.3, -0.25) is 0 Å². The van der Waals surface area contributed by atoms with Crippen LogP contribution in [0.5, 0.6) is 11.5 Å². The lowest BCUT2D eigenvalue weighted by Gasteiger charge is -2.13. The van der Waals surface area contributed by atoms with E-state index in [2.05, 4.69) is 10.5 Å². The van der Waals surface area contributed by atoms with Gasteiger partial charge in [-0.15, -0.1) is 0 Å². The first-order valence-electron chi connectivity index (χ1n) is 6.31. The topological polar surface area (TPSA) is 89.1 Å². The van der Waals surface area contributed by atoms with Gasteiger partial charge in [0.1, 0.15) is 5.84 Å². The summed E-state index contributed by atoms with van der Waals surface area (Å²) in [6.07, 6.45) is 0.466. The van der Waals surface area contributed by atoms with Crippen molar-refractivity contribution in [1.29, 1.82) is 0 Å². The smallest absolute Gasteiger partial charge is 0.163 e. The highest BCUT2D eigenvalue weighted by Crippen LogP contribution is 2.30. The van der Waals surface area contributed by atoms with Gasteiger partial charge in [-0.25, -0.2) is 0 Å². The number of rotatable bonds is 8. The Morgan fingerprint density at radius 2 is 1.95 bits per heavy atom. The first-order chi connectivity index (χ1) is 9.21. The Bertz CT molecular complexity index is 422. The molecular weight excluding hydrogens is 246 g/mol. The molecule has 0 saturated carbocycles. The Kier molecular flexibility index (Phi) is 6.35. The van der Waals surface area contributed by atoms with E-state index in [4.69, 9.17) is 20.4 Å². The molecule has 0 amide bonds. The summed E-state index contributed by atoms with van der Waals surface area (Å²) in [4.78, 5) is 0. The third kappa shape index (κ3) is 4.95. The number of nitrogens with two attached hydrogens (primary N) is 1. The highest BCUT2D eigenvalue weighted by Gasteiger charge is 2.05. The quantitative estimate of drug-likeness (QED) is 0.290. The summed E-state index contributed by atoms with van der Waals surface area (Å²) in [6, 6.07) is 5.64. The molecule has 6 nitrogen and oxygen atoms in total. The number of hydrogen-bond donors (Lipinski definition) is 3. The van der Waals surface area contributed by atoms with Gasteiger partial charge >= 0.3 is 0 Å². The second-order valence-corrected chi connectivity index (χ2v) is 3.80. The highest BCUT2D eigenvalue weighted by molar-refractivity contribution is 5.80. The maximum atomic E-state index is 8.44. The van der Waals surface area contributed by atoms with Crippen molar-refractivity contribution >= 4 is 11.5 Å². The van der Waals surface area contributed by atoms with Crippen LogP contribution in [0.15, 0.2) is 23.4 Å². The molecule has 0 saturated heterocycles. The van der Waals surface area contributed by atoms with Crippen molar-refractivity contribution in [3.8, 4) is 11.5 Å². The number of anilines is 1. The largest absolute Gasteiger partial charge is 0.490 e. The van der Waals surface area contributed by atoms with Gasteiger partial charge in [0.05, 0.1) is 13.2 Å². The zero-order valence-corrected chi connectivity index (χ0v) is 11.3. The van der Waals surface area contributed by atoms with Crippen LogP contribution in [-0.4, -0.2) is 30.8 Å². The minimum absolute atomic E-state index is 0.198. The van der Waals surface area contributed by atoms with Crippen LogP contribution in [0.4, 0.5) is 5.69 Å². The Labute approximate surface area is 113 Å². The monoisotopic (exact) mass is 267 g/mol. The Morgan fingerprint density at radius 3 is 2.58 bits per heavy atom. The zero-order chi connectivity index (χ0) is 14.1. The van der Waals surface area contributed by atoms with Crippen LogP contribution in [0.25, 0.3) is 0 Å². The number of nitrogens with zero attached hydrogens (tertiary/aromatic N) is 1. The molecule has 0 spiro atoms. The van der Waals surface area contributed by atoms with Gasteiger partial charge in [-0.1, -0.05) is 5.16 Å². The molecule has 0 aliphatic rings. The standard InChI is InChI=1S/C13H21N3O3/c1-3-18-11-6-5-10(9-12(11)19-4-2)15-8-7-13(14)16-17/h5-6,9,15,17H,3-4,7-8H2,1-2H3,(H2,14,16). The molecule has 0 heterocycles. The SMILES string of the molecule is CCOc1ccc(NCCC(N)=NO)cc1OCC. The molecule has 0 aliphatic heterocycles. The highest BCUT2D eigenvalue weighted by atomic mass is 16.5. The van der Waals surface area contributed by atoms with Crippen molar-refractivity contribution < 1.29 is 14.7 Å². The Morgan fingerprint density at radius 1 is 1.26 bits per heavy atom. The van der Waals surface area contributed by atoms with Crippen LogP contribution >= 0.6 is 0 Å². The lowest BCUT2D eigenvalue weighted by Crippen LogP contribution is -2.16. The Balaban J connectivity index is 2.66. The van der Waals surface area contributed by atoms with E-state index in [1.165, 1.54) is 0 Å². The van der Waals surface area contributed by atoms with Crippen LogP contribution in [0.1, 0.15) is 20.3 Å². The third-order valence-corrected chi connectivity index (χ3v) is 2.38. The second-order valence-electron chi connectivity index (χ2n) is 3.80. The summed E-state index contributed by atoms with van der Waals surface area (Å²) in [6.45, 7) is 5.60. The lowest BCUT2D eigenvalue weighted by atomic mass is 10.2. The number of amidine groups is 1. The Hall–Kier alpha value is -2.11. The van der Waals surface area contributed by atoms with E-state index in [1.54, 1.807) is 0 Å². The maximum absolute atomic E-state index is 8.44. The number of hydrogen-bond acceptors (Lipinski definition) is 5. The van der Waals surface area contributed by atoms with Crippen molar-refractivity contribution in [2.24, 2.45) is 10.9 Å². The van der Waals surface area contributed by atoms with E-state index in [-0.39, 0.29) is 5.84 Å². The molecule has 1 aromatic carbocycles. The molecule has 0 atom stereocenters. The maximum Gasteiger partial charge on any atom is 0.163 e. The molecule has 1 aromatic rings. The van der Waals surface area contributed by atoms with Crippen LogP contribution < -0.4 is 20.5 Å². The summed E-state index contributed by atoms with van der Waals surface area (Å²) in [5.74, 6) is 1.63. The molecule has 0 bridgehead atoms. The van der Waals surface area contributed by atoms with Crippen molar-refractivity contribution in [3.63, 3.8) is 0 Å². The van der Waals surface area contributed by atoms with E-state index in [9.17, 15) is 0 Å². The first-order valence-corrected chi connectivity index (χ1v) is 6.31. The van der Waals surface area contributed by atoms with E-state index >= 15 is 0 Å². The molecule has 6 heteroatoms. The predicted octanol–water partition coefficient (Wildman–Crippen LogP) is 2.03. The number of oxime groups is 1. The molecule has 0 radical (unpaired) electrons. The van der Waals surface area contributed by atoms with E-state index in [1.807, 2.05) is 32.0 Å². The fourth-order valence-electron chi connectivity index (χ4n) is 1.55. The van der Waals surface area contributed by atoms with Gasteiger partial charge in [-0.2, -0.15) is 0 Å². The minimum atomic E-state index is 0.198. The fourth-order valence-corrected chi connectivity index (χ4v) is 1.55. The van der Waals surface area contributed by atoms with Crippen molar-refractivity contribution in [1.82, 2.24) is 0 Å². The first kappa shape index (κ1) is 14.9. The van der Waals surface area contributed by atoms with Crippen molar-refractivity contribution in [3.05, 3.63) is 18.2 Å². The van der Waals surface area contributed by atoms with Crippen LogP contribution in [-0.2, 0) is 0 Å². The molecule has 19 heavy (non-hydrogen) atoms. The number of nitrogens with one attached hydrogen (secondary N) is 1. The number of ether oxygens (including phenoxy) is 2. The molecule has 4 N–H and O–H groups in total. The second kappa shape index (κ2) is 8.07. The van der Waals surface area contributed by atoms with Crippen LogP contribution in [0.2, 0.25) is 0 Å². The van der Waals surface area contributed by atoms with Gasteiger partial charge in [0, 0.05) is 24.7 Å². The summed E-state index contributed by atoms with van der Waals surface area (Å²) in [7, 11) is 0. The summed E-state index contributed by atoms with van der Waals surface area (Å²) in [5.41, 5.74) is 6.29. The van der Waals surface area contributed by atoms with Crippen molar-refractivity contribution in [2.45, 2.75) is 20.3 Å². The summed E-state index contributed by atoms with van der Waals surface area (Å²) in [5, 5.41) is 14.5. The molecule has 106 valence electrons. The predicted molar refractivity (Wildman–Crippen MR) is 75.3 cm³/mol. The molecular formula is C13H21N3O3. The summed E-state index contributed by atoms with van der Waals surface area (Å²) >= 11 is 0. The van der Waals surface area contributed by atoms with Gasteiger partial charge in [-0.05, 0) is 26.0 Å². The normalized spacial score (nSPS) is 11.2. The lowest BCUT2D eigenvalue weighted by molar-refractivity contribution is 0.288. The van der Waals surface area contributed by atoms with E-state index in [0.717, 1.165) is 11.4 Å². The van der Waals surface area contributed by atoms with Crippen LogP contribution in [0.3, 0.4) is 0 Å². The fraction of sp³-hybridized carbons (Fsp3) is 0.462. The molecule has 1 rings (SSSR count). The summed E-state index contributed by atoms with van der Waals surface area (Å²) < 4.78 is 11.0. The average molecular weight is 267 g/mol. The number of benzene rings is 1. The molecule has 0 aliphatic carbocycles. The average Bonchev–Trinajstić information content (AvgIpc) is 2.42. The van der Waals surface area contributed by atoms with Crippen LogP contribution in [0, 0.1) is 0 Å². The zero-order valence-electron chi connectivity index (χ0n) is 11.3. The molecule has 0 aromatic heterocycles. The van der Waals surface area contributed by atoms with Gasteiger partial charge in [0.15, 0.2) is 11.5 Å². The van der Waals surface area contributed by atoms with E-state index < -0.39 is 0 Å². The molecule has 0 fully saturated rings. The third-order valence-electron chi connectivity index (χ3n) is 2.38. The minimum Gasteiger partial charge on any atom is -0.490 e.